The Morgan fingerprint density at radius 1 is 1.47 bits per heavy atom. The van der Waals surface area contributed by atoms with E-state index in [9.17, 15) is 0 Å². The smallest absolute Gasteiger partial charge is 0.225 e. The Morgan fingerprint density at radius 3 is 2.95 bits per heavy atom. The van der Waals surface area contributed by atoms with Crippen molar-refractivity contribution in [3.8, 4) is 5.88 Å². The van der Waals surface area contributed by atoms with E-state index >= 15 is 0 Å². The van der Waals surface area contributed by atoms with Crippen molar-refractivity contribution < 1.29 is 4.74 Å². The molecule has 0 aromatic carbocycles. The maximum Gasteiger partial charge on any atom is 0.225 e. The number of nitrogens with zero attached hydrogens (tertiary/aromatic N) is 3. The maximum absolute atomic E-state index is 5.67. The molecule has 1 aromatic rings. The van der Waals surface area contributed by atoms with Crippen LogP contribution in [0.4, 0.5) is 11.8 Å². The Kier molecular flexibility index (Phi) is 4.79. The number of aromatic nitrogens is 2. The van der Waals surface area contributed by atoms with Crippen LogP contribution in [0, 0.1) is 0 Å². The zero-order chi connectivity index (χ0) is 13.7. The van der Waals surface area contributed by atoms with E-state index in [1.807, 2.05) is 0 Å². The third kappa shape index (κ3) is 4.55. The normalized spacial score (nSPS) is 14.7. The molecule has 0 radical (unpaired) electrons. The van der Waals surface area contributed by atoms with Crippen molar-refractivity contribution in [1.29, 1.82) is 0 Å². The lowest BCUT2D eigenvalue weighted by Crippen LogP contribution is -2.26. The van der Waals surface area contributed by atoms with Crippen LogP contribution < -0.4 is 15.8 Å². The van der Waals surface area contributed by atoms with Gasteiger partial charge in [-0.05, 0) is 26.3 Å². The van der Waals surface area contributed by atoms with Gasteiger partial charge in [-0.1, -0.05) is 6.92 Å². The topological polar surface area (TPSA) is 76.3 Å². The number of rotatable bonds is 8. The highest BCUT2D eigenvalue weighted by atomic mass is 16.5. The molecule has 1 aliphatic carbocycles. The minimum Gasteiger partial charge on any atom is -0.476 e. The highest BCUT2D eigenvalue weighted by Crippen LogP contribution is 2.24. The quantitative estimate of drug-likeness (QED) is 0.739. The average molecular weight is 265 g/mol. The fourth-order valence-corrected chi connectivity index (χ4v) is 1.85. The first-order valence-electron chi connectivity index (χ1n) is 6.90. The van der Waals surface area contributed by atoms with Crippen molar-refractivity contribution in [2.75, 3.05) is 37.8 Å². The molecular weight excluding hydrogens is 242 g/mol. The van der Waals surface area contributed by atoms with Gasteiger partial charge in [-0.2, -0.15) is 9.97 Å². The molecule has 0 aliphatic heterocycles. The van der Waals surface area contributed by atoms with Gasteiger partial charge in [0.2, 0.25) is 11.8 Å². The van der Waals surface area contributed by atoms with Gasteiger partial charge in [0.1, 0.15) is 12.4 Å². The summed E-state index contributed by atoms with van der Waals surface area (Å²) in [7, 11) is 2.13. The predicted octanol–water partition coefficient (Wildman–Crippen LogP) is 1.35. The standard InChI is InChI=1S/C13H23N5O/c1-3-6-15-11-9-12(17-13(14)16-11)19-8-7-18(2)10-4-5-10/h9-10H,3-8H2,1-2H3,(H3,14,15,16,17). The molecule has 6 heteroatoms. The van der Waals surface area contributed by atoms with Crippen LogP contribution in [-0.4, -0.2) is 47.7 Å². The molecule has 0 atom stereocenters. The molecule has 1 fully saturated rings. The Bertz CT molecular complexity index is 408. The van der Waals surface area contributed by atoms with Crippen molar-refractivity contribution >= 4 is 11.8 Å². The Hall–Kier alpha value is -1.56. The van der Waals surface area contributed by atoms with E-state index in [1.165, 1.54) is 12.8 Å². The zero-order valence-electron chi connectivity index (χ0n) is 11.7. The van der Waals surface area contributed by atoms with Crippen molar-refractivity contribution in [3.63, 3.8) is 0 Å². The van der Waals surface area contributed by atoms with Crippen LogP contribution in [0.15, 0.2) is 6.07 Å². The van der Waals surface area contributed by atoms with E-state index in [-0.39, 0.29) is 5.95 Å². The van der Waals surface area contributed by atoms with Crippen LogP contribution in [0.25, 0.3) is 0 Å². The first-order chi connectivity index (χ1) is 9.19. The molecule has 6 nitrogen and oxygen atoms in total. The van der Waals surface area contributed by atoms with Gasteiger partial charge in [0, 0.05) is 25.2 Å². The van der Waals surface area contributed by atoms with Crippen LogP contribution in [0.3, 0.4) is 0 Å². The highest BCUT2D eigenvalue weighted by molar-refractivity contribution is 5.42. The van der Waals surface area contributed by atoms with E-state index in [0.717, 1.165) is 31.4 Å². The van der Waals surface area contributed by atoms with Gasteiger partial charge < -0.3 is 20.7 Å². The first kappa shape index (κ1) is 13.9. The Labute approximate surface area is 114 Å². The van der Waals surface area contributed by atoms with Crippen LogP contribution in [0.2, 0.25) is 0 Å². The molecule has 1 heterocycles. The van der Waals surface area contributed by atoms with Gasteiger partial charge in [0.05, 0.1) is 0 Å². The lowest BCUT2D eigenvalue weighted by atomic mass is 10.4. The fourth-order valence-electron chi connectivity index (χ4n) is 1.85. The summed E-state index contributed by atoms with van der Waals surface area (Å²) in [5.74, 6) is 1.50. The van der Waals surface area contributed by atoms with E-state index in [2.05, 4.69) is 34.2 Å². The summed E-state index contributed by atoms with van der Waals surface area (Å²) >= 11 is 0. The third-order valence-electron chi connectivity index (χ3n) is 3.14. The first-order valence-corrected chi connectivity index (χ1v) is 6.90. The van der Waals surface area contributed by atoms with E-state index in [1.54, 1.807) is 6.07 Å². The van der Waals surface area contributed by atoms with Gasteiger partial charge in [-0.25, -0.2) is 0 Å². The van der Waals surface area contributed by atoms with E-state index in [4.69, 9.17) is 10.5 Å². The van der Waals surface area contributed by atoms with E-state index < -0.39 is 0 Å². The summed E-state index contributed by atoms with van der Waals surface area (Å²) in [5, 5.41) is 3.18. The SMILES string of the molecule is CCCNc1cc(OCCN(C)C2CC2)nc(N)n1. The van der Waals surface area contributed by atoms with Gasteiger partial charge in [0.25, 0.3) is 0 Å². The highest BCUT2D eigenvalue weighted by Gasteiger charge is 2.25. The monoisotopic (exact) mass is 265 g/mol. The minimum absolute atomic E-state index is 0.242. The van der Waals surface area contributed by atoms with Gasteiger partial charge in [-0.3, -0.25) is 0 Å². The summed E-state index contributed by atoms with van der Waals surface area (Å²) in [6.07, 6.45) is 3.65. The minimum atomic E-state index is 0.242. The Morgan fingerprint density at radius 2 is 2.26 bits per heavy atom. The second-order valence-electron chi connectivity index (χ2n) is 4.94. The summed E-state index contributed by atoms with van der Waals surface area (Å²) in [6.45, 7) is 4.49. The van der Waals surface area contributed by atoms with Crippen LogP contribution >= 0.6 is 0 Å². The molecule has 0 amide bonds. The molecule has 1 saturated carbocycles. The number of nitrogen functional groups attached to an aromatic ring is 1. The molecule has 106 valence electrons. The maximum atomic E-state index is 5.67. The lowest BCUT2D eigenvalue weighted by Gasteiger charge is -2.15. The summed E-state index contributed by atoms with van der Waals surface area (Å²) < 4.78 is 5.64. The average Bonchev–Trinajstić information content (AvgIpc) is 3.20. The van der Waals surface area contributed by atoms with Crippen LogP contribution in [0.5, 0.6) is 5.88 Å². The molecule has 2 rings (SSSR count). The molecule has 0 spiro atoms. The molecule has 1 aromatic heterocycles. The zero-order valence-corrected chi connectivity index (χ0v) is 11.7. The van der Waals surface area contributed by atoms with Crippen LogP contribution in [-0.2, 0) is 0 Å². The number of likely N-dealkylation sites (N-methyl/N-ethyl adjacent to an activating group) is 1. The molecule has 0 bridgehead atoms. The van der Waals surface area contributed by atoms with Gasteiger partial charge in [0.15, 0.2) is 0 Å². The van der Waals surface area contributed by atoms with Gasteiger partial charge >= 0.3 is 0 Å². The van der Waals surface area contributed by atoms with E-state index in [0.29, 0.717) is 12.5 Å². The summed E-state index contributed by atoms with van der Waals surface area (Å²) in [4.78, 5) is 10.5. The Balaban J connectivity index is 1.82. The number of nitrogens with one attached hydrogen (secondary N) is 1. The van der Waals surface area contributed by atoms with Crippen molar-refractivity contribution in [3.05, 3.63) is 6.07 Å². The molecule has 3 N–H and O–H groups in total. The predicted molar refractivity (Wildman–Crippen MR) is 76.4 cm³/mol. The second-order valence-corrected chi connectivity index (χ2v) is 4.94. The van der Waals surface area contributed by atoms with Crippen molar-refractivity contribution in [2.24, 2.45) is 0 Å². The summed E-state index contributed by atoms with van der Waals surface area (Å²) in [5.41, 5.74) is 5.67. The number of anilines is 2. The molecule has 1 aliphatic rings. The summed E-state index contributed by atoms with van der Waals surface area (Å²) in [6, 6.07) is 2.55. The number of hydrogen-bond acceptors (Lipinski definition) is 6. The van der Waals surface area contributed by atoms with Crippen LogP contribution in [0.1, 0.15) is 26.2 Å². The number of nitrogens with two attached hydrogens (primary N) is 1. The third-order valence-corrected chi connectivity index (χ3v) is 3.14. The van der Waals surface area contributed by atoms with Crippen molar-refractivity contribution in [1.82, 2.24) is 14.9 Å². The molecule has 19 heavy (non-hydrogen) atoms. The number of hydrogen-bond donors (Lipinski definition) is 2. The lowest BCUT2D eigenvalue weighted by molar-refractivity contribution is 0.226. The number of ether oxygens (including phenoxy) is 1. The largest absolute Gasteiger partial charge is 0.476 e. The fraction of sp³-hybridized carbons (Fsp3) is 0.692. The molecule has 0 unspecified atom stereocenters. The second kappa shape index (κ2) is 6.56. The van der Waals surface area contributed by atoms with Gasteiger partial charge in [-0.15, -0.1) is 0 Å². The molecule has 0 saturated heterocycles. The molecular formula is C13H23N5O. The van der Waals surface area contributed by atoms with Crippen molar-refractivity contribution in [2.45, 2.75) is 32.2 Å².